The van der Waals surface area contributed by atoms with Gasteiger partial charge in [-0.3, -0.25) is 9.36 Å². The Bertz CT molecular complexity index is 1300. The summed E-state index contributed by atoms with van der Waals surface area (Å²) in [6.45, 7) is 10.4. The van der Waals surface area contributed by atoms with E-state index >= 15 is 0 Å². The lowest BCUT2D eigenvalue weighted by atomic mass is 10.1. The first kappa shape index (κ1) is 26.0. The molecule has 0 bridgehead atoms. The van der Waals surface area contributed by atoms with Crippen LogP contribution in [-0.2, 0) is 24.2 Å². The highest BCUT2D eigenvalue weighted by Crippen LogP contribution is 2.37. The van der Waals surface area contributed by atoms with Gasteiger partial charge in [-0.1, -0.05) is 30.3 Å². The first-order chi connectivity index (χ1) is 17.4. The standard InChI is InChI=1S/C27H31N5O2S2/c1-5-13-32-25(19(4)34-20-12-11-17(2)18(3)14-20)30-31-27(32)35-16-24(33)29-26-22(15-28)21-9-7-6-8-10-23(21)36-26/h5,11-12,14,19H,1,6-10,13,16H2,2-4H3,(H,29,33). The van der Waals surface area contributed by atoms with E-state index in [0.717, 1.165) is 42.6 Å². The van der Waals surface area contributed by atoms with Gasteiger partial charge in [-0.2, -0.15) is 5.26 Å². The molecule has 0 fully saturated rings. The average molecular weight is 522 g/mol. The molecular weight excluding hydrogens is 490 g/mol. The Morgan fingerprint density at radius 2 is 2.11 bits per heavy atom. The zero-order valence-electron chi connectivity index (χ0n) is 21.0. The van der Waals surface area contributed by atoms with Crippen LogP contribution in [0.25, 0.3) is 0 Å². The first-order valence-electron chi connectivity index (χ1n) is 12.2. The lowest BCUT2D eigenvalue weighted by Crippen LogP contribution is -2.15. The van der Waals surface area contributed by atoms with Crippen molar-refractivity contribution in [3.63, 3.8) is 0 Å². The summed E-state index contributed by atoms with van der Waals surface area (Å²) in [6, 6.07) is 8.32. The van der Waals surface area contributed by atoms with Crippen molar-refractivity contribution >= 4 is 34.0 Å². The second-order valence-corrected chi connectivity index (χ2v) is 11.0. The summed E-state index contributed by atoms with van der Waals surface area (Å²) >= 11 is 2.86. The zero-order valence-corrected chi connectivity index (χ0v) is 22.6. The van der Waals surface area contributed by atoms with Gasteiger partial charge in [-0.25, -0.2) is 0 Å². The van der Waals surface area contributed by atoms with E-state index in [2.05, 4.69) is 42.0 Å². The molecule has 0 radical (unpaired) electrons. The largest absolute Gasteiger partial charge is 0.483 e. The average Bonchev–Trinajstić information content (AvgIpc) is 3.32. The summed E-state index contributed by atoms with van der Waals surface area (Å²) < 4.78 is 8.06. The second kappa shape index (κ2) is 11.8. The zero-order chi connectivity index (χ0) is 25.7. The van der Waals surface area contributed by atoms with Crippen molar-refractivity contribution < 1.29 is 9.53 Å². The summed E-state index contributed by atoms with van der Waals surface area (Å²) in [4.78, 5) is 14.0. The van der Waals surface area contributed by atoms with E-state index in [1.807, 2.05) is 29.7 Å². The Hall–Kier alpha value is -3.09. The van der Waals surface area contributed by atoms with Crippen LogP contribution in [0.2, 0.25) is 0 Å². The number of nitrogens with zero attached hydrogens (tertiary/aromatic N) is 4. The van der Waals surface area contributed by atoms with E-state index < -0.39 is 0 Å². The fourth-order valence-corrected chi connectivity index (χ4v) is 6.30. The topological polar surface area (TPSA) is 92.8 Å². The minimum Gasteiger partial charge on any atom is -0.483 e. The van der Waals surface area contributed by atoms with Crippen molar-refractivity contribution in [1.29, 1.82) is 5.26 Å². The fourth-order valence-electron chi connectivity index (χ4n) is 4.29. The molecule has 7 nitrogen and oxygen atoms in total. The molecule has 1 amide bonds. The molecule has 0 spiro atoms. The van der Waals surface area contributed by atoms with Crippen LogP contribution in [0, 0.1) is 25.2 Å². The summed E-state index contributed by atoms with van der Waals surface area (Å²) in [6.07, 6.45) is 6.75. The predicted molar refractivity (Wildman–Crippen MR) is 145 cm³/mol. The summed E-state index contributed by atoms with van der Waals surface area (Å²) in [7, 11) is 0. The summed E-state index contributed by atoms with van der Waals surface area (Å²) in [5.41, 5.74) is 4.12. The highest BCUT2D eigenvalue weighted by atomic mass is 32.2. The molecule has 4 rings (SSSR count). The van der Waals surface area contributed by atoms with E-state index in [1.54, 1.807) is 17.4 Å². The van der Waals surface area contributed by atoms with E-state index in [9.17, 15) is 10.1 Å². The molecule has 36 heavy (non-hydrogen) atoms. The normalized spacial score (nSPS) is 13.8. The van der Waals surface area contributed by atoms with Crippen molar-refractivity contribution in [3.05, 3.63) is 63.8 Å². The molecule has 2 heterocycles. The number of anilines is 1. The predicted octanol–water partition coefficient (Wildman–Crippen LogP) is 6.15. The molecule has 1 N–H and O–H groups in total. The van der Waals surface area contributed by atoms with Crippen molar-refractivity contribution in [3.8, 4) is 11.8 Å². The number of carbonyl (C=O) groups is 1. The van der Waals surface area contributed by atoms with Crippen LogP contribution in [0.1, 0.15) is 65.2 Å². The molecule has 0 saturated heterocycles. The van der Waals surface area contributed by atoms with Gasteiger partial charge in [0.2, 0.25) is 5.91 Å². The quantitative estimate of drug-likeness (QED) is 0.206. The van der Waals surface area contributed by atoms with Crippen molar-refractivity contribution in [2.75, 3.05) is 11.1 Å². The van der Waals surface area contributed by atoms with Crippen LogP contribution in [0.15, 0.2) is 36.0 Å². The molecule has 1 atom stereocenters. The van der Waals surface area contributed by atoms with E-state index in [0.29, 0.717) is 28.1 Å². The van der Waals surface area contributed by atoms with Crippen LogP contribution >= 0.6 is 23.1 Å². The number of thioether (sulfide) groups is 1. The number of allylic oxidation sites excluding steroid dienone is 1. The maximum atomic E-state index is 12.8. The third-order valence-corrected chi connectivity index (χ3v) is 8.50. The van der Waals surface area contributed by atoms with Crippen LogP contribution in [0.3, 0.4) is 0 Å². The Labute approximate surface area is 220 Å². The fraction of sp³-hybridized carbons (Fsp3) is 0.407. The number of fused-ring (bicyclic) bond motifs is 1. The molecule has 1 aliphatic rings. The molecule has 0 aliphatic heterocycles. The number of amides is 1. The highest BCUT2D eigenvalue weighted by molar-refractivity contribution is 7.99. The number of hydrogen-bond acceptors (Lipinski definition) is 7. The van der Waals surface area contributed by atoms with Crippen LogP contribution in [0.4, 0.5) is 5.00 Å². The van der Waals surface area contributed by atoms with Crippen LogP contribution in [0.5, 0.6) is 5.75 Å². The Morgan fingerprint density at radius 1 is 1.31 bits per heavy atom. The molecule has 9 heteroatoms. The maximum absolute atomic E-state index is 12.8. The Kier molecular flexibility index (Phi) is 8.49. The molecule has 0 saturated carbocycles. The Balaban J connectivity index is 1.43. The third kappa shape index (κ3) is 5.82. The number of nitriles is 1. The number of aromatic nitrogens is 3. The van der Waals surface area contributed by atoms with Crippen molar-refractivity contribution in [1.82, 2.24) is 14.8 Å². The third-order valence-electron chi connectivity index (χ3n) is 6.33. The lowest BCUT2D eigenvalue weighted by molar-refractivity contribution is -0.113. The number of thiophene rings is 1. The number of ether oxygens (including phenoxy) is 1. The van der Waals surface area contributed by atoms with Gasteiger partial charge in [-0.05, 0) is 75.3 Å². The molecular formula is C27H31N5O2S2. The monoisotopic (exact) mass is 521 g/mol. The summed E-state index contributed by atoms with van der Waals surface area (Å²) in [5, 5.41) is 22.7. The first-order valence-corrected chi connectivity index (χ1v) is 14.0. The Morgan fingerprint density at radius 3 is 2.86 bits per heavy atom. The van der Waals surface area contributed by atoms with Crippen LogP contribution < -0.4 is 10.1 Å². The summed E-state index contributed by atoms with van der Waals surface area (Å²) in [5.74, 6) is 1.44. The second-order valence-electron chi connectivity index (χ2n) is 8.96. The van der Waals surface area contributed by atoms with Crippen LogP contribution in [-0.4, -0.2) is 26.4 Å². The lowest BCUT2D eigenvalue weighted by Gasteiger charge is -2.16. The highest BCUT2D eigenvalue weighted by Gasteiger charge is 2.23. The van der Waals surface area contributed by atoms with Gasteiger partial charge in [0.1, 0.15) is 16.8 Å². The smallest absolute Gasteiger partial charge is 0.235 e. The number of nitrogens with one attached hydrogen (secondary N) is 1. The number of aryl methyl sites for hydroxylation is 3. The molecule has 2 aromatic heterocycles. The number of benzene rings is 1. The number of hydrogen-bond donors (Lipinski definition) is 1. The minimum absolute atomic E-state index is 0.162. The van der Waals surface area contributed by atoms with E-state index in [4.69, 9.17) is 4.74 Å². The number of carbonyl (C=O) groups excluding carboxylic acids is 1. The van der Waals surface area contributed by atoms with Crippen molar-refractivity contribution in [2.24, 2.45) is 0 Å². The van der Waals surface area contributed by atoms with Gasteiger partial charge < -0.3 is 10.1 Å². The SMILES string of the molecule is C=CCn1c(SCC(=O)Nc2sc3c(c2C#N)CCCCC3)nnc1C(C)Oc1ccc(C)c(C)c1. The number of rotatable bonds is 9. The van der Waals surface area contributed by atoms with Gasteiger partial charge in [0.25, 0.3) is 0 Å². The van der Waals surface area contributed by atoms with E-state index in [1.165, 1.54) is 28.6 Å². The van der Waals surface area contributed by atoms with Gasteiger partial charge in [0, 0.05) is 11.4 Å². The van der Waals surface area contributed by atoms with Gasteiger partial charge >= 0.3 is 0 Å². The molecule has 3 aromatic rings. The molecule has 1 aromatic carbocycles. The van der Waals surface area contributed by atoms with Gasteiger partial charge in [0.05, 0.1) is 11.3 Å². The molecule has 1 unspecified atom stereocenters. The van der Waals surface area contributed by atoms with Crippen molar-refractivity contribution in [2.45, 2.75) is 70.7 Å². The maximum Gasteiger partial charge on any atom is 0.235 e. The van der Waals surface area contributed by atoms with Gasteiger partial charge in [-0.15, -0.1) is 28.1 Å². The molecule has 1 aliphatic carbocycles. The minimum atomic E-state index is -0.331. The molecule has 188 valence electrons. The van der Waals surface area contributed by atoms with Gasteiger partial charge in [0.15, 0.2) is 17.1 Å². The van der Waals surface area contributed by atoms with E-state index in [-0.39, 0.29) is 17.8 Å².